The van der Waals surface area contributed by atoms with Gasteiger partial charge in [-0.05, 0) is 11.6 Å². The molecule has 0 aliphatic heterocycles. The van der Waals surface area contributed by atoms with Crippen LogP contribution >= 0.6 is 0 Å². The summed E-state index contributed by atoms with van der Waals surface area (Å²) in [7, 11) is 4.16. The molecule has 6 heteroatoms. The van der Waals surface area contributed by atoms with E-state index >= 15 is 0 Å². The Labute approximate surface area is 155 Å². The average Bonchev–Trinajstić information content (AvgIpc) is 3.01. The zero-order valence-corrected chi connectivity index (χ0v) is 15.1. The van der Waals surface area contributed by atoms with Crippen LogP contribution in [0.2, 0.25) is 0 Å². The number of esters is 2. The van der Waals surface area contributed by atoms with Crippen LogP contribution in [0.15, 0.2) is 48.5 Å². The molecule has 27 heavy (non-hydrogen) atoms. The second kappa shape index (κ2) is 5.81. The van der Waals surface area contributed by atoms with E-state index in [0.29, 0.717) is 10.9 Å². The predicted octanol–water partition coefficient (Wildman–Crippen LogP) is 2.35. The largest absolute Gasteiger partial charge is 0.468 e. The average molecular weight is 363 g/mol. The molecule has 4 rings (SSSR count). The van der Waals surface area contributed by atoms with Crippen molar-refractivity contribution in [2.45, 2.75) is 5.41 Å². The van der Waals surface area contributed by atoms with Crippen molar-refractivity contribution in [2.24, 2.45) is 7.05 Å². The van der Waals surface area contributed by atoms with Crippen molar-refractivity contribution in [3.05, 3.63) is 70.9 Å². The molecule has 6 nitrogen and oxygen atoms in total. The highest BCUT2D eigenvalue weighted by Gasteiger charge is 2.59. The summed E-state index contributed by atoms with van der Waals surface area (Å²) in [6.07, 6.45) is 0. The summed E-state index contributed by atoms with van der Waals surface area (Å²) < 4.78 is 11.8. The van der Waals surface area contributed by atoms with Gasteiger partial charge in [-0.15, -0.1) is 0 Å². The number of ether oxygens (including phenoxy) is 2. The van der Waals surface area contributed by atoms with Gasteiger partial charge in [0.25, 0.3) is 0 Å². The van der Waals surface area contributed by atoms with E-state index in [1.165, 1.54) is 14.2 Å². The summed E-state index contributed by atoms with van der Waals surface area (Å²) in [6, 6.07) is 13.9. The van der Waals surface area contributed by atoms with Gasteiger partial charge in [0.1, 0.15) is 0 Å². The zero-order valence-electron chi connectivity index (χ0n) is 15.1. The number of hydrogen-bond acceptors (Lipinski definition) is 5. The Morgan fingerprint density at radius 3 is 2.19 bits per heavy atom. The Hall–Kier alpha value is -3.41. The number of methoxy groups -OCH3 is 2. The molecule has 1 aromatic heterocycles. The molecule has 0 saturated heterocycles. The van der Waals surface area contributed by atoms with Gasteiger partial charge in [0.2, 0.25) is 5.41 Å². The van der Waals surface area contributed by atoms with Crippen LogP contribution in [0.5, 0.6) is 0 Å². The summed E-state index contributed by atoms with van der Waals surface area (Å²) in [6.45, 7) is 0. The molecule has 0 N–H and O–H groups in total. The lowest BCUT2D eigenvalue weighted by atomic mass is 9.68. The van der Waals surface area contributed by atoms with Crippen molar-refractivity contribution in [1.29, 1.82) is 0 Å². The van der Waals surface area contributed by atoms with Gasteiger partial charge in [-0.25, -0.2) is 0 Å². The fourth-order valence-electron chi connectivity index (χ4n) is 4.14. The van der Waals surface area contributed by atoms with Gasteiger partial charge in [0.15, 0.2) is 5.78 Å². The number of para-hydroxylation sites is 1. The number of nitrogens with zero attached hydrogens (tertiary/aromatic N) is 1. The molecule has 1 aliphatic carbocycles. The molecule has 0 amide bonds. The minimum atomic E-state index is -1.88. The van der Waals surface area contributed by atoms with E-state index in [2.05, 4.69) is 0 Å². The molecular formula is C21H17NO5. The molecule has 1 aliphatic rings. The highest BCUT2D eigenvalue weighted by atomic mass is 16.5. The lowest BCUT2D eigenvalue weighted by Crippen LogP contribution is -2.51. The summed E-state index contributed by atoms with van der Waals surface area (Å²) in [5.41, 5.74) is 0.00990. The molecule has 0 radical (unpaired) electrons. The molecule has 0 saturated carbocycles. The monoisotopic (exact) mass is 363 g/mol. The van der Waals surface area contributed by atoms with E-state index in [0.717, 1.165) is 5.52 Å². The van der Waals surface area contributed by atoms with Gasteiger partial charge in [-0.3, -0.25) is 14.4 Å². The summed E-state index contributed by atoms with van der Waals surface area (Å²) in [4.78, 5) is 39.5. The van der Waals surface area contributed by atoms with Crippen LogP contribution < -0.4 is 0 Å². The Kier molecular flexibility index (Phi) is 3.66. The number of rotatable bonds is 2. The van der Waals surface area contributed by atoms with E-state index in [4.69, 9.17) is 9.47 Å². The third-order valence-corrected chi connectivity index (χ3v) is 5.25. The fraction of sp³-hybridized carbons (Fsp3) is 0.190. The van der Waals surface area contributed by atoms with E-state index in [9.17, 15) is 14.4 Å². The smallest absolute Gasteiger partial charge is 0.334 e. The molecule has 0 spiro atoms. The molecule has 2 aromatic carbocycles. The third kappa shape index (κ3) is 1.92. The first-order valence-electron chi connectivity index (χ1n) is 8.39. The standard InChI is InChI=1S/C21H17NO5/c1-22-15-11-7-5-9-13(15)16-17(23)12-8-4-6-10-14(12)21(18(16)22,19(24)26-2)20(25)27-3/h4-11H,1-3H3. The summed E-state index contributed by atoms with van der Waals surface area (Å²) >= 11 is 0. The Balaban J connectivity index is 2.28. The minimum absolute atomic E-state index is 0.235. The number of aromatic nitrogens is 1. The van der Waals surface area contributed by atoms with E-state index < -0.39 is 17.4 Å². The number of fused-ring (bicyclic) bond motifs is 4. The van der Waals surface area contributed by atoms with Crippen molar-refractivity contribution < 1.29 is 23.9 Å². The maximum atomic E-state index is 13.3. The van der Waals surface area contributed by atoms with Crippen molar-refractivity contribution in [2.75, 3.05) is 14.2 Å². The lowest BCUT2D eigenvalue weighted by molar-refractivity contribution is -0.159. The van der Waals surface area contributed by atoms with E-state index in [-0.39, 0.29) is 22.6 Å². The number of ketones is 1. The first kappa shape index (κ1) is 17.0. The van der Waals surface area contributed by atoms with E-state index in [1.54, 1.807) is 41.9 Å². The Bertz CT molecular complexity index is 1110. The number of hydrogen-bond donors (Lipinski definition) is 0. The number of benzene rings is 2. The highest BCUT2D eigenvalue weighted by Crippen LogP contribution is 2.46. The van der Waals surface area contributed by atoms with Crippen molar-refractivity contribution >= 4 is 28.6 Å². The SMILES string of the molecule is COC(=O)C1(C(=O)OC)c2ccccc2C(=O)c2c1n(C)c1ccccc21. The Morgan fingerprint density at radius 2 is 1.52 bits per heavy atom. The maximum Gasteiger partial charge on any atom is 0.334 e. The fourth-order valence-corrected chi connectivity index (χ4v) is 4.14. The molecule has 0 unspecified atom stereocenters. The molecule has 1 heterocycles. The van der Waals surface area contributed by atoms with Crippen LogP contribution in [0, 0.1) is 0 Å². The van der Waals surface area contributed by atoms with Crippen molar-refractivity contribution in [3.8, 4) is 0 Å². The molecule has 3 aromatic rings. The lowest BCUT2D eigenvalue weighted by Gasteiger charge is -2.34. The second-order valence-corrected chi connectivity index (χ2v) is 6.41. The quantitative estimate of drug-likeness (QED) is 0.516. The third-order valence-electron chi connectivity index (χ3n) is 5.25. The first-order chi connectivity index (χ1) is 13.0. The highest BCUT2D eigenvalue weighted by molar-refractivity contribution is 6.26. The molecule has 0 atom stereocenters. The van der Waals surface area contributed by atoms with Crippen molar-refractivity contribution in [1.82, 2.24) is 4.57 Å². The van der Waals surface area contributed by atoms with Gasteiger partial charge in [0.05, 0.1) is 25.5 Å². The van der Waals surface area contributed by atoms with Crippen LogP contribution in [-0.4, -0.2) is 36.5 Å². The van der Waals surface area contributed by atoms with Crippen LogP contribution in [-0.2, 0) is 31.5 Å². The molecule has 0 fully saturated rings. The summed E-state index contributed by atoms with van der Waals surface area (Å²) in [5, 5.41) is 0.673. The summed E-state index contributed by atoms with van der Waals surface area (Å²) in [5.74, 6) is -1.82. The van der Waals surface area contributed by atoms with Crippen LogP contribution in [0.1, 0.15) is 27.2 Å². The minimum Gasteiger partial charge on any atom is -0.468 e. The van der Waals surface area contributed by atoms with E-state index in [1.807, 2.05) is 18.2 Å². The van der Waals surface area contributed by atoms with Crippen LogP contribution in [0.4, 0.5) is 0 Å². The van der Waals surface area contributed by atoms with Crippen LogP contribution in [0.25, 0.3) is 10.9 Å². The van der Waals surface area contributed by atoms with Gasteiger partial charge in [0, 0.05) is 23.5 Å². The van der Waals surface area contributed by atoms with Gasteiger partial charge in [-0.2, -0.15) is 0 Å². The normalized spacial score (nSPS) is 14.4. The van der Waals surface area contributed by atoms with Gasteiger partial charge in [-0.1, -0.05) is 42.5 Å². The number of carbonyl (C=O) groups is 3. The Morgan fingerprint density at radius 1 is 0.926 bits per heavy atom. The maximum absolute atomic E-state index is 13.3. The molecule has 136 valence electrons. The number of aryl methyl sites for hydroxylation is 1. The predicted molar refractivity (Wildman–Crippen MR) is 97.6 cm³/mol. The second-order valence-electron chi connectivity index (χ2n) is 6.41. The van der Waals surface area contributed by atoms with Crippen LogP contribution in [0.3, 0.4) is 0 Å². The topological polar surface area (TPSA) is 74.6 Å². The number of carbonyl (C=O) groups excluding carboxylic acids is 3. The van der Waals surface area contributed by atoms with Crippen molar-refractivity contribution in [3.63, 3.8) is 0 Å². The molecule has 0 bridgehead atoms. The van der Waals surface area contributed by atoms with Gasteiger partial charge < -0.3 is 14.0 Å². The zero-order chi connectivity index (χ0) is 19.3. The van der Waals surface area contributed by atoms with Gasteiger partial charge >= 0.3 is 11.9 Å². The molecular weight excluding hydrogens is 346 g/mol. The first-order valence-corrected chi connectivity index (χ1v) is 8.39.